The van der Waals surface area contributed by atoms with Crippen molar-refractivity contribution in [3.05, 3.63) is 71.8 Å². The number of carbonyl (C=O) groups excluding carboxylic acids is 2. The normalized spacial score (nSPS) is 11.8. The quantitative estimate of drug-likeness (QED) is 0.738. The first kappa shape index (κ1) is 17.5. The van der Waals surface area contributed by atoms with E-state index >= 15 is 0 Å². The van der Waals surface area contributed by atoms with Gasteiger partial charge in [-0.25, -0.2) is 0 Å². The van der Waals surface area contributed by atoms with Crippen LogP contribution >= 0.6 is 0 Å². The molecule has 0 fully saturated rings. The van der Waals surface area contributed by atoms with Gasteiger partial charge in [0, 0.05) is 11.3 Å². The number of primary amides is 1. The van der Waals surface area contributed by atoms with Gasteiger partial charge in [-0.1, -0.05) is 24.3 Å². The van der Waals surface area contributed by atoms with E-state index in [0.717, 1.165) is 22.1 Å². The molecule has 0 aliphatic rings. The number of fused-ring (bicyclic) bond motifs is 1. The number of methoxy groups -OCH3 is 1. The van der Waals surface area contributed by atoms with E-state index in [4.69, 9.17) is 10.5 Å². The molecule has 5 heteroatoms. The molecule has 26 heavy (non-hydrogen) atoms. The van der Waals surface area contributed by atoms with Gasteiger partial charge in [-0.15, -0.1) is 0 Å². The summed E-state index contributed by atoms with van der Waals surface area (Å²) in [6.07, 6.45) is 0. The highest BCUT2D eigenvalue weighted by molar-refractivity contribution is 5.97. The number of rotatable bonds is 5. The van der Waals surface area contributed by atoms with Gasteiger partial charge in [-0.05, 0) is 59.7 Å². The van der Waals surface area contributed by atoms with Crippen LogP contribution in [0, 0.1) is 0 Å². The van der Waals surface area contributed by atoms with Crippen molar-refractivity contribution < 1.29 is 14.3 Å². The topological polar surface area (TPSA) is 81.4 Å². The Hall–Kier alpha value is -3.34. The van der Waals surface area contributed by atoms with E-state index in [1.807, 2.05) is 43.3 Å². The van der Waals surface area contributed by atoms with Gasteiger partial charge in [0.1, 0.15) is 5.75 Å². The van der Waals surface area contributed by atoms with E-state index in [1.165, 1.54) is 0 Å². The first-order chi connectivity index (χ1) is 12.5. The molecule has 3 rings (SSSR count). The minimum Gasteiger partial charge on any atom is -0.497 e. The Kier molecular flexibility index (Phi) is 4.89. The van der Waals surface area contributed by atoms with E-state index in [0.29, 0.717) is 11.3 Å². The zero-order valence-electron chi connectivity index (χ0n) is 14.7. The second-order valence-electron chi connectivity index (χ2n) is 6.13. The highest BCUT2D eigenvalue weighted by Gasteiger charge is 2.16. The van der Waals surface area contributed by atoms with Crippen LogP contribution in [0.4, 0.5) is 5.69 Å². The number of hydrogen-bond acceptors (Lipinski definition) is 3. The molecule has 2 amide bonds. The molecule has 3 aromatic rings. The summed E-state index contributed by atoms with van der Waals surface area (Å²) in [7, 11) is 1.64. The molecule has 0 heterocycles. The van der Waals surface area contributed by atoms with Gasteiger partial charge in [-0.2, -0.15) is 0 Å². The van der Waals surface area contributed by atoms with Crippen molar-refractivity contribution in [1.82, 2.24) is 0 Å². The van der Waals surface area contributed by atoms with E-state index in [-0.39, 0.29) is 11.8 Å². The summed E-state index contributed by atoms with van der Waals surface area (Å²) in [5.41, 5.74) is 7.17. The monoisotopic (exact) mass is 348 g/mol. The van der Waals surface area contributed by atoms with Crippen molar-refractivity contribution in [2.24, 2.45) is 5.73 Å². The van der Waals surface area contributed by atoms with Crippen LogP contribution in [0.25, 0.3) is 10.8 Å². The Morgan fingerprint density at radius 1 is 0.962 bits per heavy atom. The molecular weight excluding hydrogens is 328 g/mol. The van der Waals surface area contributed by atoms with Crippen LogP contribution in [0.3, 0.4) is 0 Å². The maximum atomic E-state index is 12.5. The fourth-order valence-corrected chi connectivity index (χ4v) is 2.76. The zero-order valence-corrected chi connectivity index (χ0v) is 14.7. The number of ether oxygens (including phenoxy) is 1. The van der Waals surface area contributed by atoms with Gasteiger partial charge >= 0.3 is 0 Å². The third-order valence-electron chi connectivity index (χ3n) is 4.40. The van der Waals surface area contributed by atoms with Crippen LogP contribution in [0.5, 0.6) is 5.75 Å². The molecule has 3 aromatic carbocycles. The summed E-state index contributed by atoms with van der Waals surface area (Å²) >= 11 is 0. The largest absolute Gasteiger partial charge is 0.497 e. The molecule has 0 bridgehead atoms. The van der Waals surface area contributed by atoms with Crippen molar-refractivity contribution in [2.75, 3.05) is 12.4 Å². The average Bonchev–Trinajstić information content (AvgIpc) is 2.66. The summed E-state index contributed by atoms with van der Waals surface area (Å²) in [4.78, 5) is 23.6. The van der Waals surface area contributed by atoms with Gasteiger partial charge < -0.3 is 15.8 Å². The average molecular weight is 348 g/mol. The Balaban J connectivity index is 1.77. The molecule has 0 unspecified atom stereocenters. The summed E-state index contributed by atoms with van der Waals surface area (Å²) < 4.78 is 5.23. The lowest BCUT2D eigenvalue weighted by Gasteiger charge is -2.14. The molecular formula is C21H20N2O3. The molecule has 5 nitrogen and oxygen atoms in total. The number of anilines is 1. The number of hydrogen-bond donors (Lipinski definition) is 2. The predicted octanol–water partition coefficient (Wildman–Crippen LogP) is 3.69. The number of amides is 2. The van der Waals surface area contributed by atoms with E-state index in [2.05, 4.69) is 5.32 Å². The molecule has 0 saturated carbocycles. The first-order valence-corrected chi connectivity index (χ1v) is 8.26. The SMILES string of the molecule is COc1ccc2cc([C@H](C)C(=O)Nc3ccc(C(N)=O)cc3)ccc2c1. The molecule has 0 aliphatic carbocycles. The molecule has 0 aliphatic heterocycles. The van der Waals surface area contributed by atoms with Gasteiger partial charge in [0.05, 0.1) is 13.0 Å². The van der Waals surface area contributed by atoms with Crippen molar-refractivity contribution in [3.63, 3.8) is 0 Å². The summed E-state index contributed by atoms with van der Waals surface area (Å²) in [5, 5.41) is 4.97. The molecule has 0 radical (unpaired) electrons. The predicted molar refractivity (Wildman–Crippen MR) is 103 cm³/mol. The van der Waals surface area contributed by atoms with Crippen LogP contribution in [0.1, 0.15) is 28.8 Å². The lowest BCUT2D eigenvalue weighted by Crippen LogP contribution is -2.19. The Morgan fingerprint density at radius 2 is 1.62 bits per heavy atom. The highest BCUT2D eigenvalue weighted by Crippen LogP contribution is 2.26. The van der Waals surface area contributed by atoms with Crippen LogP contribution in [0.15, 0.2) is 60.7 Å². The third-order valence-corrected chi connectivity index (χ3v) is 4.40. The van der Waals surface area contributed by atoms with E-state index in [9.17, 15) is 9.59 Å². The smallest absolute Gasteiger partial charge is 0.248 e. The minimum absolute atomic E-state index is 0.121. The van der Waals surface area contributed by atoms with Gasteiger partial charge in [-0.3, -0.25) is 9.59 Å². The highest BCUT2D eigenvalue weighted by atomic mass is 16.5. The van der Waals surface area contributed by atoms with Crippen LogP contribution in [0.2, 0.25) is 0 Å². The van der Waals surface area contributed by atoms with Crippen molar-refractivity contribution in [2.45, 2.75) is 12.8 Å². The fourth-order valence-electron chi connectivity index (χ4n) is 2.76. The van der Waals surface area contributed by atoms with Crippen LogP contribution in [-0.4, -0.2) is 18.9 Å². The number of nitrogens with two attached hydrogens (primary N) is 1. The first-order valence-electron chi connectivity index (χ1n) is 8.26. The maximum absolute atomic E-state index is 12.5. The van der Waals surface area contributed by atoms with Crippen molar-refractivity contribution in [1.29, 1.82) is 0 Å². The maximum Gasteiger partial charge on any atom is 0.248 e. The summed E-state index contributed by atoms with van der Waals surface area (Å²) in [6, 6.07) is 18.3. The summed E-state index contributed by atoms with van der Waals surface area (Å²) in [6.45, 7) is 1.86. The van der Waals surface area contributed by atoms with Crippen LogP contribution < -0.4 is 15.8 Å². The Bertz CT molecular complexity index is 965. The summed E-state index contributed by atoms with van der Waals surface area (Å²) in [5.74, 6) is -0.138. The molecule has 0 saturated heterocycles. The second-order valence-corrected chi connectivity index (χ2v) is 6.13. The van der Waals surface area contributed by atoms with E-state index < -0.39 is 5.91 Å². The second kappa shape index (κ2) is 7.27. The van der Waals surface area contributed by atoms with Gasteiger partial charge in [0.25, 0.3) is 0 Å². The molecule has 0 aromatic heterocycles. The van der Waals surface area contributed by atoms with Gasteiger partial charge in [0.15, 0.2) is 0 Å². The van der Waals surface area contributed by atoms with E-state index in [1.54, 1.807) is 31.4 Å². The van der Waals surface area contributed by atoms with Crippen molar-refractivity contribution in [3.8, 4) is 5.75 Å². The lowest BCUT2D eigenvalue weighted by molar-refractivity contribution is -0.117. The minimum atomic E-state index is -0.496. The number of benzene rings is 3. The zero-order chi connectivity index (χ0) is 18.7. The molecule has 132 valence electrons. The fraction of sp³-hybridized carbons (Fsp3) is 0.143. The Morgan fingerprint density at radius 3 is 2.27 bits per heavy atom. The Labute approximate surface area is 151 Å². The van der Waals surface area contributed by atoms with Crippen molar-refractivity contribution >= 4 is 28.3 Å². The number of carbonyl (C=O) groups is 2. The third kappa shape index (κ3) is 3.67. The van der Waals surface area contributed by atoms with Crippen LogP contribution in [-0.2, 0) is 4.79 Å². The van der Waals surface area contributed by atoms with Gasteiger partial charge in [0.2, 0.25) is 11.8 Å². The molecule has 1 atom stereocenters. The lowest BCUT2D eigenvalue weighted by atomic mass is 9.97. The molecule has 3 N–H and O–H groups in total. The molecule has 0 spiro atoms. The standard InChI is InChI=1S/C21H20N2O3/c1-13(21(25)23-18-8-5-14(6-9-18)20(22)24)15-3-4-17-12-19(26-2)10-7-16(17)11-15/h3-13H,1-2H3,(H2,22,24)(H,23,25)/t13-/m0/s1. The number of nitrogens with one attached hydrogen (secondary N) is 1.